The van der Waals surface area contributed by atoms with E-state index >= 15 is 0 Å². The lowest BCUT2D eigenvalue weighted by atomic mass is 9.89. The Kier molecular flexibility index (Phi) is 5.11. The molecule has 0 saturated heterocycles. The molecule has 0 atom stereocenters. The topological polar surface area (TPSA) is 34.4 Å². The zero-order valence-corrected chi connectivity index (χ0v) is 14.8. The van der Waals surface area contributed by atoms with E-state index < -0.39 is 0 Å². The number of hydrogen-bond donors (Lipinski definition) is 0. The third-order valence-corrected chi connectivity index (χ3v) is 5.64. The standard InChI is InChI=1S/C17H16Cl2N2OS/c1-2-8-21-15-13(19)9-12(18)10-14(15)23-17(21)20-16(22)11-6-4-3-5-7-11/h1,9-11H,3-8H2. The van der Waals surface area contributed by atoms with E-state index in [2.05, 4.69) is 10.9 Å². The van der Waals surface area contributed by atoms with E-state index in [0.717, 1.165) is 35.9 Å². The molecule has 0 aliphatic heterocycles. The summed E-state index contributed by atoms with van der Waals surface area (Å²) in [7, 11) is 0. The monoisotopic (exact) mass is 366 g/mol. The van der Waals surface area contributed by atoms with Gasteiger partial charge >= 0.3 is 0 Å². The summed E-state index contributed by atoms with van der Waals surface area (Å²) in [5.41, 5.74) is 0.786. The minimum absolute atomic E-state index is 0.0345. The van der Waals surface area contributed by atoms with Gasteiger partial charge in [-0.3, -0.25) is 4.79 Å². The third kappa shape index (κ3) is 3.47. The number of fused-ring (bicyclic) bond motifs is 1. The second kappa shape index (κ2) is 7.09. The maximum Gasteiger partial charge on any atom is 0.251 e. The van der Waals surface area contributed by atoms with Gasteiger partial charge in [0.15, 0.2) is 4.80 Å². The first-order valence-corrected chi connectivity index (χ1v) is 9.18. The number of terminal acetylenes is 1. The van der Waals surface area contributed by atoms with Crippen LogP contribution in [-0.4, -0.2) is 10.5 Å². The van der Waals surface area contributed by atoms with Gasteiger partial charge in [0.05, 0.1) is 21.8 Å². The lowest BCUT2D eigenvalue weighted by molar-refractivity contribution is -0.122. The molecule has 23 heavy (non-hydrogen) atoms. The maximum absolute atomic E-state index is 12.5. The highest BCUT2D eigenvalue weighted by atomic mass is 35.5. The Balaban J connectivity index is 2.10. The molecule has 0 bridgehead atoms. The van der Waals surface area contributed by atoms with Gasteiger partial charge in [0.25, 0.3) is 5.91 Å². The smallest absolute Gasteiger partial charge is 0.251 e. The van der Waals surface area contributed by atoms with E-state index in [1.54, 1.807) is 6.07 Å². The van der Waals surface area contributed by atoms with Crippen LogP contribution in [0.4, 0.5) is 0 Å². The first kappa shape index (κ1) is 16.6. The molecule has 120 valence electrons. The van der Waals surface area contributed by atoms with Crippen molar-refractivity contribution in [3.05, 3.63) is 27.0 Å². The van der Waals surface area contributed by atoms with Gasteiger partial charge < -0.3 is 4.57 Å². The molecule has 2 aromatic rings. The molecule has 1 saturated carbocycles. The summed E-state index contributed by atoms with van der Waals surface area (Å²) in [5.74, 6) is 2.59. The van der Waals surface area contributed by atoms with Crippen LogP contribution < -0.4 is 4.80 Å². The Morgan fingerprint density at radius 3 is 2.78 bits per heavy atom. The second-order valence-electron chi connectivity index (χ2n) is 5.69. The highest BCUT2D eigenvalue weighted by Gasteiger charge is 2.21. The van der Waals surface area contributed by atoms with Crippen molar-refractivity contribution in [1.29, 1.82) is 0 Å². The van der Waals surface area contributed by atoms with E-state index in [9.17, 15) is 4.79 Å². The van der Waals surface area contributed by atoms with Crippen LogP contribution in [-0.2, 0) is 11.3 Å². The molecule has 0 unspecified atom stereocenters. The highest BCUT2D eigenvalue weighted by molar-refractivity contribution is 7.16. The molecule has 1 heterocycles. The van der Waals surface area contributed by atoms with Crippen molar-refractivity contribution >= 4 is 50.7 Å². The molecule has 1 aromatic heterocycles. The summed E-state index contributed by atoms with van der Waals surface area (Å²) in [5, 5.41) is 1.08. The van der Waals surface area contributed by atoms with Gasteiger partial charge in [-0.05, 0) is 25.0 Å². The Bertz CT molecular complexity index is 854. The van der Waals surface area contributed by atoms with E-state index in [0.29, 0.717) is 21.4 Å². The van der Waals surface area contributed by atoms with Crippen LogP contribution >= 0.6 is 34.5 Å². The lowest BCUT2D eigenvalue weighted by Crippen LogP contribution is -2.21. The first-order valence-electron chi connectivity index (χ1n) is 7.60. The van der Waals surface area contributed by atoms with Crippen molar-refractivity contribution in [2.24, 2.45) is 10.9 Å². The molecule has 0 radical (unpaired) electrons. The number of thiazole rings is 1. The minimum Gasteiger partial charge on any atom is -0.303 e. The number of nitrogens with zero attached hydrogens (tertiary/aromatic N) is 2. The number of hydrogen-bond acceptors (Lipinski definition) is 2. The lowest BCUT2D eigenvalue weighted by Gasteiger charge is -2.17. The van der Waals surface area contributed by atoms with Crippen LogP contribution in [0.15, 0.2) is 17.1 Å². The summed E-state index contributed by atoms with van der Waals surface area (Å²) in [4.78, 5) is 17.4. The fraction of sp³-hybridized carbons (Fsp3) is 0.412. The number of rotatable bonds is 2. The molecule has 1 amide bonds. The minimum atomic E-state index is -0.0516. The summed E-state index contributed by atoms with van der Waals surface area (Å²) in [6, 6.07) is 3.50. The summed E-state index contributed by atoms with van der Waals surface area (Å²) in [6.07, 6.45) is 10.7. The van der Waals surface area contributed by atoms with Gasteiger partial charge in [0.2, 0.25) is 0 Å². The van der Waals surface area contributed by atoms with Gasteiger partial charge in [-0.1, -0.05) is 59.7 Å². The van der Waals surface area contributed by atoms with Gasteiger partial charge in [0, 0.05) is 10.9 Å². The molecule has 0 N–H and O–H groups in total. The average molecular weight is 367 g/mol. The summed E-state index contributed by atoms with van der Waals surface area (Å²) >= 11 is 13.8. The third-order valence-electron chi connectivity index (χ3n) is 4.10. The van der Waals surface area contributed by atoms with Crippen LogP contribution in [0, 0.1) is 18.3 Å². The van der Waals surface area contributed by atoms with E-state index in [4.69, 9.17) is 29.6 Å². The Labute approximate surface area is 148 Å². The summed E-state index contributed by atoms with van der Waals surface area (Å²) < 4.78 is 2.70. The molecule has 3 rings (SSSR count). The zero-order chi connectivity index (χ0) is 16.4. The molecular weight excluding hydrogens is 351 g/mol. The van der Waals surface area contributed by atoms with Crippen LogP contribution in [0.1, 0.15) is 32.1 Å². The van der Waals surface area contributed by atoms with Crippen molar-refractivity contribution in [3.63, 3.8) is 0 Å². The fourth-order valence-electron chi connectivity index (χ4n) is 2.99. The Morgan fingerprint density at radius 2 is 2.09 bits per heavy atom. The largest absolute Gasteiger partial charge is 0.303 e. The van der Waals surface area contributed by atoms with Crippen molar-refractivity contribution in [2.75, 3.05) is 0 Å². The first-order chi connectivity index (χ1) is 11.1. The average Bonchev–Trinajstić information content (AvgIpc) is 2.86. The number of amides is 1. The molecule has 3 nitrogen and oxygen atoms in total. The fourth-order valence-corrected chi connectivity index (χ4v) is 4.80. The Hall–Kier alpha value is -1.28. The number of carbonyl (C=O) groups is 1. The highest BCUT2D eigenvalue weighted by Crippen LogP contribution is 2.30. The number of halogens is 2. The molecule has 1 fully saturated rings. The van der Waals surface area contributed by atoms with E-state index in [1.807, 2.05) is 10.6 Å². The van der Waals surface area contributed by atoms with E-state index in [-0.39, 0.29) is 11.8 Å². The predicted molar refractivity (Wildman–Crippen MR) is 95.8 cm³/mol. The molecule has 1 aromatic carbocycles. The van der Waals surface area contributed by atoms with Crippen molar-refractivity contribution < 1.29 is 4.79 Å². The molecule has 1 aliphatic carbocycles. The van der Waals surface area contributed by atoms with Crippen LogP contribution in [0.5, 0.6) is 0 Å². The number of benzene rings is 1. The van der Waals surface area contributed by atoms with Gasteiger partial charge in [-0.2, -0.15) is 4.99 Å². The Morgan fingerprint density at radius 1 is 1.35 bits per heavy atom. The van der Waals surface area contributed by atoms with Crippen molar-refractivity contribution in [1.82, 2.24) is 4.57 Å². The number of carbonyl (C=O) groups excluding carboxylic acids is 1. The normalized spacial score (nSPS) is 16.7. The molecular formula is C17H16Cl2N2OS. The quantitative estimate of drug-likeness (QED) is 0.712. The maximum atomic E-state index is 12.5. The van der Waals surface area contributed by atoms with Crippen molar-refractivity contribution in [2.45, 2.75) is 38.6 Å². The van der Waals surface area contributed by atoms with Crippen LogP contribution in [0.2, 0.25) is 10.0 Å². The predicted octanol–water partition coefficient (Wildman–Crippen LogP) is 4.65. The van der Waals surface area contributed by atoms with Gasteiger partial charge in [-0.15, -0.1) is 6.42 Å². The SMILES string of the molecule is C#CCn1c(=NC(=O)C2CCCCC2)sc2cc(Cl)cc(Cl)c21. The molecule has 6 heteroatoms. The summed E-state index contributed by atoms with van der Waals surface area (Å²) in [6.45, 7) is 0.318. The van der Waals surface area contributed by atoms with Crippen LogP contribution in [0.3, 0.4) is 0 Å². The number of aromatic nitrogens is 1. The zero-order valence-electron chi connectivity index (χ0n) is 12.5. The second-order valence-corrected chi connectivity index (χ2v) is 7.55. The van der Waals surface area contributed by atoms with Crippen LogP contribution in [0.25, 0.3) is 10.2 Å². The van der Waals surface area contributed by atoms with Crippen molar-refractivity contribution in [3.8, 4) is 12.3 Å². The molecule has 1 aliphatic rings. The van der Waals surface area contributed by atoms with Gasteiger partial charge in [0.1, 0.15) is 0 Å². The van der Waals surface area contributed by atoms with Gasteiger partial charge in [-0.25, -0.2) is 0 Å². The molecule has 0 spiro atoms. The van der Waals surface area contributed by atoms with E-state index in [1.165, 1.54) is 17.8 Å².